The summed E-state index contributed by atoms with van der Waals surface area (Å²) in [6.07, 6.45) is 3.39. The number of sulfonamides is 1. The maximum absolute atomic E-state index is 12.3. The molecular weight excluding hydrogens is 404 g/mol. The topological polar surface area (TPSA) is 95.9 Å². The third kappa shape index (κ3) is 4.12. The van der Waals surface area contributed by atoms with Crippen molar-refractivity contribution in [1.82, 2.24) is 9.79 Å². The summed E-state index contributed by atoms with van der Waals surface area (Å²) in [5.41, 5.74) is 8.26. The van der Waals surface area contributed by atoms with Crippen LogP contribution in [0.5, 0.6) is 5.75 Å². The molecule has 2 aromatic rings. The number of fused-ring (bicyclic) bond motifs is 1. The van der Waals surface area contributed by atoms with Crippen molar-refractivity contribution in [2.45, 2.75) is 19.8 Å². The van der Waals surface area contributed by atoms with Crippen LogP contribution >= 0.6 is 0 Å². The smallest absolute Gasteiger partial charge is 0.259 e. The number of hydrogen-bond donors (Lipinski definition) is 2. The number of ether oxygens (including phenoxy) is 1. The Bertz CT molecular complexity index is 1120. The van der Waals surface area contributed by atoms with Crippen molar-refractivity contribution in [3.63, 3.8) is 0 Å². The lowest BCUT2D eigenvalue weighted by atomic mass is 9.93. The molecule has 0 unspecified atom stereocenters. The molecule has 0 spiro atoms. The molecule has 1 amide bonds. The van der Waals surface area contributed by atoms with E-state index < -0.39 is 21.7 Å². The Labute approximate surface area is 176 Å². The van der Waals surface area contributed by atoms with E-state index in [0.29, 0.717) is 13.0 Å². The van der Waals surface area contributed by atoms with Crippen molar-refractivity contribution in [3.05, 3.63) is 59.2 Å². The molecule has 0 saturated carbocycles. The quantitative estimate of drug-likeness (QED) is 0.564. The number of aryl methyl sites for hydroxylation is 1. The number of nitrogens with one attached hydrogen (secondary N) is 1. The maximum Gasteiger partial charge on any atom is 0.259 e. The molecule has 2 aliphatic rings. The van der Waals surface area contributed by atoms with Crippen LogP contribution in [0.3, 0.4) is 0 Å². The van der Waals surface area contributed by atoms with Gasteiger partial charge in [-0.05, 0) is 58.9 Å². The molecule has 0 atom stereocenters. The largest absolute Gasteiger partial charge is 0.493 e. The fourth-order valence-electron chi connectivity index (χ4n) is 4.00. The van der Waals surface area contributed by atoms with Crippen molar-refractivity contribution in [2.24, 2.45) is 0 Å². The fourth-order valence-corrected chi connectivity index (χ4v) is 5.25. The van der Waals surface area contributed by atoms with Crippen LogP contribution in [0, 0.1) is 6.92 Å². The molecule has 158 valence electrons. The highest BCUT2D eigenvalue weighted by atomic mass is 32.2. The maximum atomic E-state index is 12.3. The Morgan fingerprint density at radius 3 is 2.67 bits per heavy atom. The van der Waals surface area contributed by atoms with Crippen molar-refractivity contribution >= 4 is 21.5 Å². The minimum Gasteiger partial charge on any atom is -0.493 e. The molecule has 7 nitrogen and oxygen atoms in total. The molecule has 2 aromatic carbocycles. The van der Waals surface area contributed by atoms with Gasteiger partial charge in [0.2, 0.25) is 10.0 Å². The van der Waals surface area contributed by atoms with Crippen LogP contribution in [0.15, 0.2) is 42.5 Å². The van der Waals surface area contributed by atoms with E-state index in [-0.39, 0.29) is 6.54 Å². The van der Waals surface area contributed by atoms with E-state index in [0.717, 1.165) is 35.5 Å². The molecule has 8 heteroatoms. The van der Waals surface area contributed by atoms with Crippen LogP contribution in [0.25, 0.3) is 16.7 Å². The van der Waals surface area contributed by atoms with Gasteiger partial charge in [0.1, 0.15) is 11.5 Å². The Kier molecular flexibility index (Phi) is 5.64. The second-order valence-corrected chi connectivity index (χ2v) is 9.55. The molecular formula is C22H24N2O5S. The van der Waals surface area contributed by atoms with Crippen LogP contribution < -0.4 is 10.2 Å². The minimum absolute atomic E-state index is 0.210. The highest BCUT2D eigenvalue weighted by Crippen LogP contribution is 2.33. The van der Waals surface area contributed by atoms with Gasteiger partial charge >= 0.3 is 0 Å². The van der Waals surface area contributed by atoms with Crippen LogP contribution in [-0.4, -0.2) is 49.3 Å². The summed E-state index contributed by atoms with van der Waals surface area (Å²) in [4.78, 5) is 11.2. The molecule has 0 radical (unpaired) electrons. The first kappa shape index (κ1) is 20.6. The van der Waals surface area contributed by atoms with Gasteiger partial charge in [-0.1, -0.05) is 30.3 Å². The van der Waals surface area contributed by atoms with E-state index in [2.05, 4.69) is 37.3 Å². The summed E-state index contributed by atoms with van der Waals surface area (Å²) in [5.74, 6) is -0.725. The Morgan fingerprint density at radius 1 is 1.17 bits per heavy atom. The van der Waals surface area contributed by atoms with Gasteiger partial charge < -0.3 is 4.74 Å². The second kappa shape index (κ2) is 8.22. The molecule has 4 rings (SSSR count). The van der Waals surface area contributed by atoms with Gasteiger partial charge in [0.05, 0.1) is 6.61 Å². The van der Waals surface area contributed by atoms with Crippen molar-refractivity contribution in [3.8, 4) is 16.9 Å². The van der Waals surface area contributed by atoms with Crippen LogP contribution in [0.4, 0.5) is 0 Å². The summed E-state index contributed by atoms with van der Waals surface area (Å²) < 4.78 is 31.4. The highest BCUT2D eigenvalue weighted by molar-refractivity contribution is 7.89. The average molecular weight is 429 g/mol. The number of carbonyl (C=O) groups excluding carboxylic acids is 1. The third-order valence-corrected chi connectivity index (χ3v) is 7.35. The van der Waals surface area contributed by atoms with Gasteiger partial charge in [0.25, 0.3) is 5.91 Å². The zero-order valence-corrected chi connectivity index (χ0v) is 17.5. The first-order valence-electron chi connectivity index (χ1n) is 9.84. The lowest BCUT2D eigenvalue weighted by Gasteiger charge is -2.26. The number of hydrogen-bond acceptors (Lipinski definition) is 5. The fraction of sp³-hybridized carbons (Fsp3) is 0.318. The normalized spacial score (nSPS) is 16.5. The van der Waals surface area contributed by atoms with Gasteiger partial charge in [0, 0.05) is 19.5 Å². The molecule has 0 saturated heterocycles. The summed E-state index contributed by atoms with van der Waals surface area (Å²) >= 11 is 0. The standard InChI is InChI=1S/C22H24N2O5S/c1-15-12-17(2-4-20(15)18-3-5-21-19(13-18)8-11-29-21)16-6-9-24(10-7-16)30(27,28)14-22(25)23-26/h2-6,12-13,26H,7-11,14H2,1H3,(H,23,25). The monoisotopic (exact) mass is 428 g/mol. The summed E-state index contributed by atoms with van der Waals surface area (Å²) in [7, 11) is -3.75. The molecule has 30 heavy (non-hydrogen) atoms. The first-order chi connectivity index (χ1) is 14.4. The number of hydroxylamine groups is 1. The minimum atomic E-state index is -3.75. The van der Waals surface area contributed by atoms with Gasteiger partial charge in [-0.25, -0.2) is 13.9 Å². The van der Waals surface area contributed by atoms with Crippen LogP contribution in [0.2, 0.25) is 0 Å². The molecule has 0 aliphatic carbocycles. The number of rotatable bonds is 5. The van der Waals surface area contributed by atoms with Gasteiger partial charge in [-0.2, -0.15) is 4.31 Å². The lowest BCUT2D eigenvalue weighted by molar-refractivity contribution is -0.126. The van der Waals surface area contributed by atoms with Crippen molar-refractivity contribution < 1.29 is 23.2 Å². The van der Waals surface area contributed by atoms with E-state index in [4.69, 9.17) is 9.94 Å². The van der Waals surface area contributed by atoms with E-state index in [9.17, 15) is 13.2 Å². The molecule has 0 fully saturated rings. The Hall–Kier alpha value is -2.68. The van der Waals surface area contributed by atoms with Gasteiger partial charge in [0.15, 0.2) is 0 Å². The summed E-state index contributed by atoms with van der Waals surface area (Å²) in [6, 6.07) is 12.6. The van der Waals surface area contributed by atoms with E-state index >= 15 is 0 Å². The number of nitrogens with zero attached hydrogens (tertiary/aromatic N) is 1. The van der Waals surface area contributed by atoms with E-state index in [1.807, 2.05) is 12.1 Å². The van der Waals surface area contributed by atoms with E-state index in [1.165, 1.54) is 26.5 Å². The molecule has 2 heterocycles. The predicted octanol–water partition coefficient (Wildman–Crippen LogP) is 2.52. The highest BCUT2D eigenvalue weighted by Gasteiger charge is 2.27. The van der Waals surface area contributed by atoms with Crippen LogP contribution in [0.1, 0.15) is 23.1 Å². The number of benzene rings is 2. The van der Waals surface area contributed by atoms with Gasteiger partial charge in [-0.15, -0.1) is 0 Å². The van der Waals surface area contributed by atoms with Crippen molar-refractivity contribution in [1.29, 1.82) is 0 Å². The van der Waals surface area contributed by atoms with E-state index in [1.54, 1.807) is 0 Å². The van der Waals surface area contributed by atoms with Crippen molar-refractivity contribution in [2.75, 3.05) is 25.4 Å². The molecule has 2 aliphatic heterocycles. The third-order valence-electron chi connectivity index (χ3n) is 5.60. The number of carbonyl (C=O) groups is 1. The summed E-state index contributed by atoms with van der Waals surface area (Å²) in [6.45, 7) is 3.33. The predicted molar refractivity (Wildman–Crippen MR) is 114 cm³/mol. The molecule has 0 aromatic heterocycles. The zero-order valence-electron chi connectivity index (χ0n) is 16.7. The lowest BCUT2D eigenvalue weighted by Crippen LogP contribution is -2.40. The SMILES string of the molecule is Cc1cc(C2=CCN(S(=O)(=O)CC(=O)NO)CC2)ccc1-c1ccc2c(c1)CCO2. The zero-order chi connectivity index (χ0) is 21.3. The first-order valence-corrected chi connectivity index (χ1v) is 11.5. The number of amides is 1. The molecule has 2 N–H and O–H groups in total. The summed E-state index contributed by atoms with van der Waals surface area (Å²) in [5, 5.41) is 8.56. The van der Waals surface area contributed by atoms with Crippen LogP contribution in [-0.2, 0) is 21.2 Å². The Balaban J connectivity index is 1.51. The van der Waals surface area contributed by atoms with Gasteiger partial charge in [-0.3, -0.25) is 10.0 Å². The Morgan fingerprint density at radius 2 is 1.97 bits per heavy atom. The second-order valence-electron chi connectivity index (χ2n) is 7.58. The average Bonchev–Trinajstić information content (AvgIpc) is 3.21. The molecule has 0 bridgehead atoms.